The number of amides is 1. The van der Waals surface area contributed by atoms with E-state index in [1.54, 1.807) is 0 Å². The first-order valence-electron chi connectivity index (χ1n) is 7.79. The van der Waals surface area contributed by atoms with E-state index in [2.05, 4.69) is 26.6 Å². The number of nitrogens with one attached hydrogen (secondary N) is 2. The molecule has 0 spiro atoms. The summed E-state index contributed by atoms with van der Waals surface area (Å²) in [6.07, 6.45) is 0. The topological polar surface area (TPSA) is 50.4 Å². The molecule has 0 aliphatic rings. The first-order valence-corrected chi connectivity index (χ1v) is 8.59. The minimum absolute atomic E-state index is 0.0257. The van der Waals surface area contributed by atoms with Crippen LogP contribution >= 0.6 is 15.9 Å². The maximum absolute atomic E-state index is 11.9. The predicted octanol–water partition coefficient (Wildman–Crippen LogP) is 5.21. The smallest absolute Gasteiger partial charge is 0.262 e. The number of ether oxygens (including phenoxy) is 1. The molecule has 3 aromatic rings. The summed E-state index contributed by atoms with van der Waals surface area (Å²) in [5, 5.41) is 6.12. The molecule has 4 nitrogen and oxygen atoms in total. The molecule has 0 unspecified atom stereocenters. The van der Waals surface area contributed by atoms with Crippen LogP contribution in [0.5, 0.6) is 5.75 Å². The number of halogens is 1. The maximum Gasteiger partial charge on any atom is 0.262 e. The molecule has 126 valence electrons. The third-order valence-corrected chi connectivity index (χ3v) is 3.89. The summed E-state index contributed by atoms with van der Waals surface area (Å²) >= 11 is 3.45. The molecule has 0 aliphatic heterocycles. The van der Waals surface area contributed by atoms with Crippen LogP contribution in [0.4, 0.5) is 17.1 Å². The van der Waals surface area contributed by atoms with Crippen molar-refractivity contribution >= 4 is 38.9 Å². The Bertz CT molecular complexity index is 836. The number of hydrogen-bond acceptors (Lipinski definition) is 3. The largest absolute Gasteiger partial charge is 0.484 e. The summed E-state index contributed by atoms with van der Waals surface area (Å²) in [6.45, 7) is -0.0257. The number of hydrogen-bond donors (Lipinski definition) is 2. The van der Waals surface area contributed by atoms with Gasteiger partial charge in [-0.05, 0) is 54.6 Å². The first-order chi connectivity index (χ1) is 12.2. The Labute approximate surface area is 155 Å². The van der Waals surface area contributed by atoms with Gasteiger partial charge in [0, 0.05) is 21.5 Å². The Kier molecular flexibility index (Phi) is 5.69. The van der Waals surface area contributed by atoms with Crippen molar-refractivity contribution in [1.29, 1.82) is 0 Å². The molecular formula is C20H17BrN2O2. The summed E-state index contributed by atoms with van der Waals surface area (Å²) < 4.78 is 6.44. The predicted molar refractivity (Wildman–Crippen MR) is 104 cm³/mol. The molecule has 0 fully saturated rings. The van der Waals surface area contributed by atoms with Gasteiger partial charge in [-0.25, -0.2) is 0 Å². The average molecular weight is 397 g/mol. The lowest BCUT2D eigenvalue weighted by molar-refractivity contribution is -0.118. The van der Waals surface area contributed by atoms with Crippen LogP contribution in [0, 0.1) is 0 Å². The van der Waals surface area contributed by atoms with Gasteiger partial charge in [0.05, 0.1) is 0 Å². The molecule has 0 aromatic heterocycles. The van der Waals surface area contributed by atoms with E-state index in [-0.39, 0.29) is 12.5 Å². The normalized spacial score (nSPS) is 10.1. The molecule has 3 rings (SSSR count). The highest BCUT2D eigenvalue weighted by Gasteiger charge is 2.04. The number of benzene rings is 3. The summed E-state index contributed by atoms with van der Waals surface area (Å²) in [7, 11) is 0. The van der Waals surface area contributed by atoms with E-state index in [0.29, 0.717) is 5.75 Å². The molecule has 0 atom stereocenters. The van der Waals surface area contributed by atoms with Crippen LogP contribution in [0.15, 0.2) is 83.3 Å². The highest BCUT2D eigenvalue weighted by atomic mass is 79.9. The van der Waals surface area contributed by atoms with Gasteiger partial charge in [-0.2, -0.15) is 0 Å². The van der Waals surface area contributed by atoms with Gasteiger partial charge in [-0.1, -0.05) is 40.2 Å². The van der Waals surface area contributed by atoms with Gasteiger partial charge in [0.1, 0.15) is 5.75 Å². The van der Waals surface area contributed by atoms with Crippen molar-refractivity contribution in [3.63, 3.8) is 0 Å². The lowest BCUT2D eigenvalue weighted by atomic mass is 10.2. The van der Waals surface area contributed by atoms with E-state index in [9.17, 15) is 4.79 Å². The fraction of sp³-hybridized carbons (Fsp3) is 0.0500. The van der Waals surface area contributed by atoms with Crippen molar-refractivity contribution in [3.8, 4) is 5.75 Å². The number of anilines is 3. The number of rotatable bonds is 6. The lowest BCUT2D eigenvalue weighted by Crippen LogP contribution is -2.20. The number of carbonyl (C=O) groups is 1. The van der Waals surface area contributed by atoms with E-state index in [4.69, 9.17) is 4.74 Å². The van der Waals surface area contributed by atoms with Crippen LogP contribution in [0.25, 0.3) is 0 Å². The molecule has 2 N–H and O–H groups in total. The third-order valence-electron chi connectivity index (χ3n) is 3.40. The van der Waals surface area contributed by atoms with Crippen molar-refractivity contribution < 1.29 is 9.53 Å². The SMILES string of the molecule is O=C(COc1ccccc1)Nc1ccc(Nc2cccc(Br)c2)cc1. The van der Waals surface area contributed by atoms with Crippen LogP contribution < -0.4 is 15.4 Å². The van der Waals surface area contributed by atoms with Crippen LogP contribution in [0.1, 0.15) is 0 Å². The molecule has 0 saturated heterocycles. The van der Waals surface area contributed by atoms with E-state index in [1.165, 1.54) is 0 Å². The fourth-order valence-electron chi connectivity index (χ4n) is 2.23. The Hall–Kier alpha value is -2.79. The molecule has 0 bridgehead atoms. The summed E-state index contributed by atoms with van der Waals surface area (Å²) in [6, 6.07) is 24.7. The zero-order valence-electron chi connectivity index (χ0n) is 13.4. The molecule has 25 heavy (non-hydrogen) atoms. The Balaban J connectivity index is 1.52. The minimum Gasteiger partial charge on any atom is -0.484 e. The maximum atomic E-state index is 11.9. The molecule has 3 aromatic carbocycles. The van der Waals surface area contributed by atoms with Crippen molar-refractivity contribution in [2.45, 2.75) is 0 Å². The molecule has 0 heterocycles. The third kappa shape index (κ3) is 5.36. The lowest BCUT2D eigenvalue weighted by Gasteiger charge is -2.10. The molecule has 0 saturated carbocycles. The number of para-hydroxylation sites is 1. The highest BCUT2D eigenvalue weighted by Crippen LogP contribution is 2.21. The summed E-state index contributed by atoms with van der Waals surface area (Å²) in [5.74, 6) is 0.475. The van der Waals surface area contributed by atoms with Gasteiger partial charge < -0.3 is 15.4 Å². The molecule has 0 radical (unpaired) electrons. The summed E-state index contributed by atoms with van der Waals surface area (Å²) in [4.78, 5) is 11.9. The second-order valence-corrected chi connectivity index (χ2v) is 6.28. The number of carbonyl (C=O) groups excluding carboxylic acids is 1. The van der Waals surface area contributed by atoms with Crippen LogP contribution in [-0.2, 0) is 4.79 Å². The zero-order valence-corrected chi connectivity index (χ0v) is 15.0. The van der Waals surface area contributed by atoms with Crippen molar-refractivity contribution in [3.05, 3.63) is 83.3 Å². The van der Waals surface area contributed by atoms with E-state index in [1.807, 2.05) is 78.9 Å². The van der Waals surface area contributed by atoms with Crippen molar-refractivity contribution in [1.82, 2.24) is 0 Å². The van der Waals surface area contributed by atoms with Crippen LogP contribution in [0.2, 0.25) is 0 Å². The van der Waals surface area contributed by atoms with Crippen LogP contribution in [-0.4, -0.2) is 12.5 Å². The molecule has 0 aliphatic carbocycles. The second-order valence-electron chi connectivity index (χ2n) is 5.36. The summed E-state index contributed by atoms with van der Waals surface area (Å²) in [5.41, 5.74) is 2.65. The van der Waals surface area contributed by atoms with E-state index >= 15 is 0 Å². The Morgan fingerprint density at radius 3 is 2.28 bits per heavy atom. The minimum atomic E-state index is -0.198. The van der Waals surface area contributed by atoms with Gasteiger partial charge in [0.15, 0.2) is 6.61 Å². The Morgan fingerprint density at radius 2 is 1.56 bits per heavy atom. The quantitative estimate of drug-likeness (QED) is 0.601. The second kappa shape index (κ2) is 8.35. The van der Waals surface area contributed by atoms with E-state index < -0.39 is 0 Å². The molecular weight excluding hydrogens is 380 g/mol. The Morgan fingerprint density at radius 1 is 0.840 bits per heavy atom. The van der Waals surface area contributed by atoms with Gasteiger partial charge in [0.2, 0.25) is 0 Å². The monoisotopic (exact) mass is 396 g/mol. The fourth-order valence-corrected chi connectivity index (χ4v) is 2.63. The molecule has 1 amide bonds. The first kappa shape index (κ1) is 17.0. The van der Waals surface area contributed by atoms with Crippen molar-refractivity contribution in [2.24, 2.45) is 0 Å². The van der Waals surface area contributed by atoms with Crippen LogP contribution in [0.3, 0.4) is 0 Å². The van der Waals surface area contributed by atoms with Crippen molar-refractivity contribution in [2.75, 3.05) is 17.2 Å². The van der Waals surface area contributed by atoms with Gasteiger partial charge in [-0.15, -0.1) is 0 Å². The van der Waals surface area contributed by atoms with E-state index in [0.717, 1.165) is 21.5 Å². The standard InChI is InChI=1S/C20H17BrN2O2/c21-15-5-4-6-18(13-15)22-16-9-11-17(12-10-16)23-20(24)14-25-19-7-2-1-3-8-19/h1-13,22H,14H2,(H,23,24). The zero-order chi connectivity index (χ0) is 17.5. The average Bonchev–Trinajstić information content (AvgIpc) is 2.63. The van der Waals surface area contributed by atoms with Gasteiger partial charge >= 0.3 is 0 Å². The molecule has 5 heteroatoms. The highest BCUT2D eigenvalue weighted by molar-refractivity contribution is 9.10. The van der Waals surface area contributed by atoms with Gasteiger partial charge in [0.25, 0.3) is 5.91 Å². The van der Waals surface area contributed by atoms with Gasteiger partial charge in [-0.3, -0.25) is 4.79 Å².